The number of carbonyl (C=O) groups is 1. The Morgan fingerprint density at radius 2 is 1.85 bits per heavy atom. The van der Waals surface area contributed by atoms with Gasteiger partial charge < -0.3 is 4.74 Å². The van der Waals surface area contributed by atoms with Crippen molar-refractivity contribution in [2.45, 2.75) is 20.8 Å². The topological polar surface area (TPSA) is 56.1 Å². The summed E-state index contributed by atoms with van der Waals surface area (Å²) in [5, 5.41) is 0. The van der Waals surface area contributed by atoms with Crippen molar-refractivity contribution in [1.29, 1.82) is 0 Å². The van der Waals surface area contributed by atoms with Crippen molar-refractivity contribution in [2.24, 2.45) is 0 Å². The smallest absolute Gasteiger partial charge is 0.270 e. The fourth-order valence-electron chi connectivity index (χ4n) is 2.81. The Balaban J connectivity index is 2.04. The zero-order valence-electron chi connectivity index (χ0n) is 15.1. The minimum atomic E-state index is -0.213. The Bertz CT molecular complexity index is 979. The number of ether oxygens (including phenoxy) is 1. The van der Waals surface area contributed by atoms with Crippen LogP contribution in [0.3, 0.4) is 0 Å². The largest absolute Gasteiger partial charge is 0.496 e. The van der Waals surface area contributed by atoms with Gasteiger partial charge in [-0.2, -0.15) is 0 Å². The summed E-state index contributed by atoms with van der Waals surface area (Å²) >= 11 is 3.56. The van der Waals surface area contributed by atoms with Crippen molar-refractivity contribution in [3.63, 3.8) is 0 Å². The number of imidazole rings is 1. The second kappa shape index (κ2) is 7.33. The maximum atomic E-state index is 12.9. The second-order valence-corrected chi connectivity index (χ2v) is 6.85. The van der Waals surface area contributed by atoms with E-state index in [2.05, 4.69) is 26.3 Å². The second-order valence-electron chi connectivity index (χ2n) is 6.00. The summed E-state index contributed by atoms with van der Waals surface area (Å²) in [5.41, 5.74) is 6.98. The molecule has 0 aliphatic heterocycles. The molecule has 0 radical (unpaired) electrons. The van der Waals surface area contributed by atoms with E-state index >= 15 is 0 Å². The Hall–Kier alpha value is -2.60. The van der Waals surface area contributed by atoms with Crippen LogP contribution in [0.15, 0.2) is 46.9 Å². The van der Waals surface area contributed by atoms with Crippen molar-refractivity contribution in [3.8, 4) is 17.1 Å². The third kappa shape index (κ3) is 3.24. The van der Waals surface area contributed by atoms with Crippen LogP contribution in [0.1, 0.15) is 27.3 Å². The molecule has 0 unspecified atom stereocenters. The lowest BCUT2D eigenvalue weighted by molar-refractivity contribution is 0.101. The van der Waals surface area contributed by atoms with E-state index in [9.17, 15) is 4.79 Å². The summed E-state index contributed by atoms with van der Waals surface area (Å²) in [6.45, 7) is 5.73. The van der Waals surface area contributed by atoms with E-state index in [0.717, 1.165) is 27.0 Å². The molecule has 0 aliphatic rings. The molecule has 0 spiro atoms. The fraction of sp³-hybridized carbons (Fsp3) is 0.200. The van der Waals surface area contributed by atoms with Crippen LogP contribution in [0.25, 0.3) is 11.4 Å². The SMILES string of the molecule is COc1cccc(C(=O)Nn2c(-c3ccccc3Br)nc(C)c2C)c1C. The summed E-state index contributed by atoms with van der Waals surface area (Å²) in [6.07, 6.45) is 0. The van der Waals surface area contributed by atoms with Gasteiger partial charge in [0, 0.05) is 21.2 Å². The average Bonchev–Trinajstić information content (AvgIpc) is 2.90. The van der Waals surface area contributed by atoms with Gasteiger partial charge in [0.1, 0.15) is 5.75 Å². The van der Waals surface area contributed by atoms with E-state index in [-0.39, 0.29) is 5.91 Å². The Morgan fingerprint density at radius 1 is 1.12 bits per heavy atom. The number of hydrogen-bond donors (Lipinski definition) is 1. The third-order valence-corrected chi connectivity index (χ3v) is 5.11. The first kappa shape index (κ1) is 18.2. The van der Waals surface area contributed by atoms with E-state index < -0.39 is 0 Å². The van der Waals surface area contributed by atoms with Crippen LogP contribution in [0.5, 0.6) is 5.75 Å². The number of aryl methyl sites for hydroxylation is 1. The minimum Gasteiger partial charge on any atom is -0.496 e. The van der Waals surface area contributed by atoms with Gasteiger partial charge in [-0.1, -0.05) is 40.2 Å². The molecular weight excluding hydrogens is 394 g/mol. The van der Waals surface area contributed by atoms with Gasteiger partial charge in [0.15, 0.2) is 5.82 Å². The third-order valence-electron chi connectivity index (χ3n) is 4.42. The van der Waals surface area contributed by atoms with Gasteiger partial charge in [0.05, 0.1) is 18.5 Å². The average molecular weight is 414 g/mol. The molecule has 3 aromatic rings. The van der Waals surface area contributed by atoms with Crippen LogP contribution >= 0.6 is 15.9 Å². The number of methoxy groups -OCH3 is 1. The molecule has 0 fully saturated rings. The molecule has 1 N–H and O–H groups in total. The van der Waals surface area contributed by atoms with Crippen LogP contribution in [0.4, 0.5) is 0 Å². The monoisotopic (exact) mass is 413 g/mol. The standard InChI is InChI=1S/C20H20BrN3O2/c1-12-15(9-7-11-18(12)26-4)20(25)23-24-14(3)13(2)22-19(24)16-8-5-6-10-17(16)21/h5-11H,1-4H3,(H,23,25). The highest BCUT2D eigenvalue weighted by molar-refractivity contribution is 9.10. The van der Waals surface area contributed by atoms with Gasteiger partial charge in [0.25, 0.3) is 5.91 Å². The molecule has 134 valence electrons. The molecule has 5 nitrogen and oxygen atoms in total. The Kier molecular flexibility index (Phi) is 5.13. The number of aromatic nitrogens is 2. The van der Waals surface area contributed by atoms with E-state index in [1.807, 2.05) is 57.2 Å². The first-order valence-corrected chi connectivity index (χ1v) is 8.99. The lowest BCUT2D eigenvalue weighted by Crippen LogP contribution is -2.25. The molecule has 3 rings (SSSR count). The van der Waals surface area contributed by atoms with Gasteiger partial charge in [-0.15, -0.1) is 0 Å². The van der Waals surface area contributed by atoms with Crippen LogP contribution in [-0.4, -0.2) is 22.7 Å². The molecule has 1 amide bonds. The first-order chi connectivity index (χ1) is 12.4. The van der Waals surface area contributed by atoms with Crippen molar-refractivity contribution in [3.05, 3.63) is 69.5 Å². The molecule has 0 saturated heterocycles. The lowest BCUT2D eigenvalue weighted by atomic mass is 10.1. The molecule has 0 atom stereocenters. The highest BCUT2D eigenvalue weighted by Gasteiger charge is 2.19. The Labute approximate surface area is 161 Å². The molecule has 0 aliphatic carbocycles. The molecular formula is C20H20BrN3O2. The number of rotatable bonds is 4. The number of halogens is 1. The molecule has 1 aromatic heterocycles. The zero-order chi connectivity index (χ0) is 18.8. The summed E-state index contributed by atoms with van der Waals surface area (Å²) in [5.74, 6) is 1.15. The summed E-state index contributed by atoms with van der Waals surface area (Å²) < 4.78 is 7.96. The van der Waals surface area contributed by atoms with E-state index in [4.69, 9.17) is 4.74 Å². The van der Waals surface area contributed by atoms with E-state index in [1.165, 1.54) is 0 Å². The minimum absolute atomic E-state index is 0.213. The Morgan fingerprint density at radius 3 is 2.54 bits per heavy atom. The quantitative estimate of drug-likeness (QED) is 0.677. The number of benzene rings is 2. The van der Waals surface area contributed by atoms with Crippen LogP contribution < -0.4 is 10.2 Å². The molecule has 1 heterocycles. The maximum Gasteiger partial charge on any atom is 0.270 e. The van der Waals surface area contributed by atoms with Crippen LogP contribution in [0, 0.1) is 20.8 Å². The molecule has 6 heteroatoms. The van der Waals surface area contributed by atoms with Crippen LogP contribution in [-0.2, 0) is 0 Å². The first-order valence-electron chi connectivity index (χ1n) is 8.19. The highest BCUT2D eigenvalue weighted by Crippen LogP contribution is 2.28. The summed E-state index contributed by atoms with van der Waals surface area (Å²) in [6, 6.07) is 13.2. The number of carbonyl (C=O) groups excluding carboxylic acids is 1. The van der Waals surface area contributed by atoms with E-state index in [1.54, 1.807) is 17.9 Å². The van der Waals surface area contributed by atoms with Gasteiger partial charge in [-0.3, -0.25) is 10.2 Å². The summed E-state index contributed by atoms with van der Waals surface area (Å²) in [7, 11) is 1.60. The highest BCUT2D eigenvalue weighted by atomic mass is 79.9. The fourth-order valence-corrected chi connectivity index (χ4v) is 3.28. The summed E-state index contributed by atoms with van der Waals surface area (Å²) in [4.78, 5) is 17.5. The van der Waals surface area contributed by atoms with Crippen molar-refractivity contribution in [1.82, 2.24) is 9.66 Å². The van der Waals surface area contributed by atoms with Crippen molar-refractivity contribution < 1.29 is 9.53 Å². The van der Waals surface area contributed by atoms with Gasteiger partial charge in [0.2, 0.25) is 0 Å². The predicted molar refractivity (Wildman–Crippen MR) is 106 cm³/mol. The van der Waals surface area contributed by atoms with Crippen molar-refractivity contribution in [2.75, 3.05) is 12.5 Å². The zero-order valence-corrected chi connectivity index (χ0v) is 16.7. The molecule has 2 aromatic carbocycles. The number of nitrogens with zero attached hydrogens (tertiary/aromatic N) is 2. The molecule has 26 heavy (non-hydrogen) atoms. The maximum absolute atomic E-state index is 12.9. The van der Waals surface area contributed by atoms with Crippen LogP contribution in [0.2, 0.25) is 0 Å². The normalized spacial score (nSPS) is 10.7. The van der Waals surface area contributed by atoms with Gasteiger partial charge >= 0.3 is 0 Å². The lowest BCUT2D eigenvalue weighted by Gasteiger charge is -2.15. The van der Waals surface area contributed by atoms with Crippen molar-refractivity contribution >= 4 is 21.8 Å². The number of nitrogens with one attached hydrogen (secondary N) is 1. The van der Waals surface area contributed by atoms with E-state index in [0.29, 0.717) is 17.1 Å². The number of amides is 1. The van der Waals surface area contributed by atoms with Gasteiger partial charge in [-0.05, 0) is 39.0 Å². The molecule has 0 saturated carbocycles. The molecule has 0 bridgehead atoms. The van der Waals surface area contributed by atoms with Gasteiger partial charge in [-0.25, -0.2) is 9.66 Å². The predicted octanol–water partition coefficient (Wildman–Crippen LogP) is 4.63. The number of hydrogen-bond acceptors (Lipinski definition) is 3.